The summed E-state index contributed by atoms with van der Waals surface area (Å²) in [6.07, 6.45) is 17.3. The molecule has 1 rings (SSSR count). The zero-order valence-electron chi connectivity index (χ0n) is 13.4. The molecule has 0 bridgehead atoms. The molecular weight excluding hydrogens is 248 g/mol. The van der Waals surface area contributed by atoms with Crippen molar-refractivity contribution in [2.45, 2.75) is 96.8 Å². The Morgan fingerprint density at radius 2 is 1.65 bits per heavy atom. The van der Waals surface area contributed by atoms with E-state index < -0.39 is 5.97 Å². The predicted molar refractivity (Wildman–Crippen MR) is 84.9 cm³/mol. The molecule has 20 heavy (non-hydrogen) atoms. The van der Waals surface area contributed by atoms with Gasteiger partial charge in [-0.2, -0.15) is 0 Å². The van der Waals surface area contributed by atoms with Gasteiger partial charge in [-0.15, -0.1) is 0 Å². The number of rotatable bonds is 11. The number of carboxylic acids is 1. The van der Waals surface area contributed by atoms with E-state index in [-0.39, 0.29) is 5.92 Å². The largest absolute Gasteiger partial charge is 0.481 e. The van der Waals surface area contributed by atoms with E-state index in [1.165, 1.54) is 64.2 Å². The highest BCUT2D eigenvalue weighted by Crippen LogP contribution is 2.28. The van der Waals surface area contributed by atoms with Crippen molar-refractivity contribution in [1.29, 1.82) is 0 Å². The fourth-order valence-electron chi connectivity index (χ4n) is 3.51. The minimum absolute atomic E-state index is 0.0850. The average molecular weight is 282 g/mol. The Labute approximate surface area is 125 Å². The number of carboxylic acid groups (broad SMARTS) is 1. The van der Waals surface area contributed by atoms with Gasteiger partial charge in [0.15, 0.2) is 0 Å². The molecule has 1 aliphatic rings. The molecule has 0 aromatic heterocycles. The molecule has 0 spiro atoms. The Morgan fingerprint density at radius 3 is 2.25 bits per heavy atom. The average Bonchev–Trinajstić information content (AvgIpc) is 2.46. The molecule has 1 aliphatic carbocycles. The van der Waals surface area contributed by atoms with Gasteiger partial charge >= 0.3 is 5.97 Å². The van der Waals surface area contributed by atoms with Crippen LogP contribution in [0.5, 0.6) is 0 Å². The third kappa shape index (κ3) is 7.91. The molecule has 0 aromatic rings. The number of hydrogen-bond donors (Lipinski definition) is 1. The summed E-state index contributed by atoms with van der Waals surface area (Å²) in [7, 11) is 0. The molecule has 0 aromatic carbocycles. The first kappa shape index (κ1) is 17.5. The van der Waals surface area contributed by atoms with Crippen LogP contribution in [0.15, 0.2) is 0 Å². The van der Waals surface area contributed by atoms with Crippen LogP contribution in [0, 0.1) is 11.8 Å². The van der Waals surface area contributed by atoms with Crippen LogP contribution in [-0.4, -0.2) is 11.1 Å². The highest BCUT2D eigenvalue weighted by atomic mass is 16.4. The lowest BCUT2D eigenvalue weighted by Gasteiger charge is -2.21. The van der Waals surface area contributed by atoms with Crippen molar-refractivity contribution >= 4 is 5.97 Å². The molecular formula is C18H34O2. The lowest BCUT2D eigenvalue weighted by atomic mass is 9.85. The maximum absolute atomic E-state index is 11.3. The predicted octanol–water partition coefficient (Wildman–Crippen LogP) is 5.80. The highest BCUT2D eigenvalue weighted by molar-refractivity contribution is 5.69. The molecule has 1 saturated carbocycles. The van der Waals surface area contributed by atoms with E-state index in [1.54, 1.807) is 0 Å². The first-order valence-corrected chi connectivity index (χ1v) is 8.96. The van der Waals surface area contributed by atoms with Gasteiger partial charge in [-0.3, -0.25) is 4.79 Å². The molecule has 2 nitrogen and oxygen atoms in total. The normalized spacial score (nSPS) is 18.1. The van der Waals surface area contributed by atoms with Crippen molar-refractivity contribution in [2.75, 3.05) is 0 Å². The first-order chi connectivity index (χ1) is 9.74. The quantitative estimate of drug-likeness (QED) is 0.486. The van der Waals surface area contributed by atoms with Gasteiger partial charge in [-0.25, -0.2) is 0 Å². The SMILES string of the molecule is CCCCCCC(CCCCC1CCCCC1)C(=O)O. The van der Waals surface area contributed by atoms with Crippen molar-refractivity contribution in [3.05, 3.63) is 0 Å². The smallest absolute Gasteiger partial charge is 0.306 e. The molecule has 1 fully saturated rings. The first-order valence-electron chi connectivity index (χ1n) is 8.96. The maximum atomic E-state index is 11.3. The molecule has 0 amide bonds. The summed E-state index contributed by atoms with van der Waals surface area (Å²) in [6, 6.07) is 0. The number of aliphatic carboxylic acids is 1. The Kier molecular flexibility index (Phi) is 9.78. The number of carbonyl (C=O) groups is 1. The minimum Gasteiger partial charge on any atom is -0.481 e. The van der Waals surface area contributed by atoms with Crippen LogP contribution in [0.3, 0.4) is 0 Å². The second-order valence-corrected chi connectivity index (χ2v) is 6.67. The summed E-state index contributed by atoms with van der Waals surface area (Å²) >= 11 is 0. The number of unbranched alkanes of at least 4 members (excludes halogenated alkanes) is 4. The van der Waals surface area contributed by atoms with Crippen LogP contribution in [-0.2, 0) is 4.79 Å². The van der Waals surface area contributed by atoms with Crippen molar-refractivity contribution in [3.63, 3.8) is 0 Å². The van der Waals surface area contributed by atoms with Crippen molar-refractivity contribution in [2.24, 2.45) is 11.8 Å². The summed E-state index contributed by atoms with van der Waals surface area (Å²) < 4.78 is 0. The van der Waals surface area contributed by atoms with Gasteiger partial charge in [-0.05, 0) is 18.8 Å². The van der Waals surface area contributed by atoms with E-state index in [0.29, 0.717) is 0 Å². The highest BCUT2D eigenvalue weighted by Gasteiger charge is 2.17. The molecule has 1 unspecified atom stereocenters. The van der Waals surface area contributed by atoms with Gasteiger partial charge in [0, 0.05) is 0 Å². The van der Waals surface area contributed by atoms with Crippen LogP contribution in [0.2, 0.25) is 0 Å². The zero-order chi connectivity index (χ0) is 14.6. The molecule has 0 radical (unpaired) electrons. The van der Waals surface area contributed by atoms with Crippen molar-refractivity contribution in [3.8, 4) is 0 Å². The summed E-state index contributed by atoms with van der Waals surface area (Å²) in [5, 5.41) is 9.28. The lowest BCUT2D eigenvalue weighted by Crippen LogP contribution is -2.14. The molecule has 0 heterocycles. The standard InChI is InChI=1S/C18H34O2/c1-2-3-4-8-14-17(18(19)20)15-10-9-13-16-11-6-5-7-12-16/h16-17H,2-15H2,1H3,(H,19,20). The Balaban J connectivity index is 2.07. The van der Waals surface area contributed by atoms with E-state index in [9.17, 15) is 9.90 Å². The molecule has 0 saturated heterocycles. The monoisotopic (exact) mass is 282 g/mol. The number of hydrogen-bond acceptors (Lipinski definition) is 1. The molecule has 1 atom stereocenters. The van der Waals surface area contributed by atoms with Crippen molar-refractivity contribution < 1.29 is 9.90 Å². The van der Waals surface area contributed by atoms with Gasteiger partial charge in [-0.1, -0.05) is 84.0 Å². The maximum Gasteiger partial charge on any atom is 0.306 e. The van der Waals surface area contributed by atoms with E-state index in [4.69, 9.17) is 0 Å². The lowest BCUT2D eigenvalue weighted by molar-refractivity contribution is -0.142. The van der Waals surface area contributed by atoms with Crippen LogP contribution >= 0.6 is 0 Å². The van der Waals surface area contributed by atoms with E-state index in [2.05, 4.69) is 6.92 Å². The Bertz CT molecular complexity index is 244. The topological polar surface area (TPSA) is 37.3 Å². The summed E-state index contributed by atoms with van der Waals surface area (Å²) in [5.74, 6) is 0.286. The minimum atomic E-state index is -0.570. The molecule has 2 heteroatoms. The van der Waals surface area contributed by atoms with Crippen molar-refractivity contribution in [1.82, 2.24) is 0 Å². The van der Waals surface area contributed by atoms with Crippen LogP contribution < -0.4 is 0 Å². The Hall–Kier alpha value is -0.530. The van der Waals surface area contributed by atoms with Gasteiger partial charge in [0.25, 0.3) is 0 Å². The van der Waals surface area contributed by atoms with E-state index in [1.807, 2.05) is 0 Å². The van der Waals surface area contributed by atoms with Gasteiger partial charge in [0.1, 0.15) is 0 Å². The van der Waals surface area contributed by atoms with Gasteiger partial charge < -0.3 is 5.11 Å². The molecule has 0 aliphatic heterocycles. The summed E-state index contributed by atoms with van der Waals surface area (Å²) in [4.78, 5) is 11.3. The van der Waals surface area contributed by atoms with Crippen LogP contribution in [0.25, 0.3) is 0 Å². The van der Waals surface area contributed by atoms with Crippen LogP contribution in [0.1, 0.15) is 96.8 Å². The van der Waals surface area contributed by atoms with E-state index >= 15 is 0 Å². The summed E-state index contributed by atoms with van der Waals surface area (Å²) in [6.45, 7) is 2.19. The molecule has 118 valence electrons. The van der Waals surface area contributed by atoms with E-state index in [0.717, 1.165) is 31.6 Å². The zero-order valence-corrected chi connectivity index (χ0v) is 13.4. The molecule has 1 N–H and O–H groups in total. The van der Waals surface area contributed by atoms with Crippen LogP contribution in [0.4, 0.5) is 0 Å². The van der Waals surface area contributed by atoms with Gasteiger partial charge in [0.2, 0.25) is 0 Å². The summed E-state index contributed by atoms with van der Waals surface area (Å²) in [5.41, 5.74) is 0. The third-order valence-corrected chi connectivity index (χ3v) is 4.90. The van der Waals surface area contributed by atoms with Gasteiger partial charge in [0.05, 0.1) is 5.92 Å². The Morgan fingerprint density at radius 1 is 1.00 bits per heavy atom. The third-order valence-electron chi connectivity index (χ3n) is 4.90. The fourth-order valence-corrected chi connectivity index (χ4v) is 3.51. The second-order valence-electron chi connectivity index (χ2n) is 6.67. The second kappa shape index (κ2) is 11.2. The fraction of sp³-hybridized carbons (Fsp3) is 0.944.